The van der Waals surface area contributed by atoms with Crippen molar-refractivity contribution in [3.63, 3.8) is 0 Å². The zero-order valence-electron chi connectivity index (χ0n) is 33.3. The molecule has 0 aliphatic carbocycles. The minimum absolute atomic E-state index is 0.0688. The molecule has 2 rings (SSSR count). The molecular weight excluding hydrogens is 793 g/mol. The van der Waals surface area contributed by atoms with Gasteiger partial charge in [0.2, 0.25) is 0 Å². The van der Waals surface area contributed by atoms with Gasteiger partial charge in [0.1, 0.15) is 0 Å². The van der Waals surface area contributed by atoms with E-state index >= 15 is 0 Å². The molecule has 0 N–H and O–H groups in total. The first kappa shape index (κ1) is 51.0. The molecule has 328 valence electrons. The Morgan fingerprint density at radius 3 is 0.614 bits per heavy atom. The first-order valence-corrected chi connectivity index (χ1v) is 21.8. The monoisotopic (exact) mass is 854 g/mol. The molecule has 0 aliphatic heterocycles. The average Bonchev–Trinajstić information content (AvgIpc) is 3.19. The summed E-state index contributed by atoms with van der Waals surface area (Å²) in [5.41, 5.74) is 1.94. The van der Waals surface area contributed by atoms with E-state index in [1.54, 1.807) is 24.3 Å². The van der Waals surface area contributed by atoms with Crippen LogP contribution in [0.25, 0.3) is 0 Å². The van der Waals surface area contributed by atoms with Crippen molar-refractivity contribution < 1.29 is 77.3 Å². The van der Waals surface area contributed by atoms with Gasteiger partial charge in [-0.15, -0.1) is 0 Å². The summed E-state index contributed by atoms with van der Waals surface area (Å²) in [5, 5.41) is 0. The van der Waals surface area contributed by atoms with E-state index < -0.39 is 20.2 Å². The summed E-state index contributed by atoms with van der Waals surface area (Å²) in [6.07, 6.45) is 0. The minimum Gasteiger partial charge on any atom is -0.377 e. The third-order valence-electron chi connectivity index (χ3n) is 7.27. The SMILES string of the molecule is Cc1ccc(S(=O)(=O)OCCOCCOCCOCCOCCOCCOCCOCCOCCOCCOCCOCCOS(=O)(=O)c2ccc(C)cc2)cc1. The number of ether oxygens (including phenoxy) is 11. The van der Waals surface area contributed by atoms with E-state index in [0.29, 0.717) is 132 Å². The molecule has 0 unspecified atom stereocenters. The van der Waals surface area contributed by atoms with Crippen LogP contribution >= 0.6 is 0 Å². The van der Waals surface area contributed by atoms with Gasteiger partial charge in [0.25, 0.3) is 20.2 Å². The van der Waals surface area contributed by atoms with Crippen molar-refractivity contribution in [2.45, 2.75) is 23.6 Å². The Hall–Kier alpha value is -2.18. The lowest BCUT2D eigenvalue weighted by Crippen LogP contribution is -2.16. The van der Waals surface area contributed by atoms with Crippen LogP contribution in [-0.4, -0.2) is 175 Å². The summed E-state index contributed by atoms with van der Waals surface area (Å²) in [7, 11) is -7.57. The highest BCUT2D eigenvalue weighted by molar-refractivity contribution is 7.87. The van der Waals surface area contributed by atoms with Gasteiger partial charge in [-0.1, -0.05) is 35.4 Å². The molecule has 19 heteroatoms. The Balaban J connectivity index is 1.17. The highest BCUT2D eigenvalue weighted by Crippen LogP contribution is 2.14. The molecule has 0 atom stereocenters. The van der Waals surface area contributed by atoms with E-state index in [2.05, 4.69) is 0 Å². The zero-order valence-corrected chi connectivity index (χ0v) is 35.0. The van der Waals surface area contributed by atoms with Crippen LogP contribution in [0.4, 0.5) is 0 Å². The molecule has 0 amide bonds. The van der Waals surface area contributed by atoms with E-state index in [4.69, 9.17) is 60.5 Å². The number of rotatable bonds is 40. The lowest BCUT2D eigenvalue weighted by molar-refractivity contribution is -0.0279. The van der Waals surface area contributed by atoms with Crippen molar-refractivity contribution in [3.05, 3.63) is 59.7 Å². The molecule has 0 aromatic heterocycles. The quantitative estimate of drug-likeness (QED) is 0.0702. The first-order valence-electron chi connectivity index (χ1n) is 19.0. The molecule has 0 radical (unpaired) electrons. The topological polar surface area (TPSA) is 188 Å². The molecular formula is C38H62O17S2. The molecule has 0 saturated heterocycles. The maximum Gasteiger partial charge on any atom is 0.297 e. The lowest BCUT2D eigenvalue weighted by atomic mass is 10.2. The standard InChI is InChI=1S/C38H62O17S2/c1-35-3-7-37(8-4-35)56(39,40)54-33-31-52-29-27-50-25-23-48-21-19-46-17-15-44-13-11-43-12-14-45-16-18-47-20-22-49-24-26-51-28-30-53-32-34-55-57(41,42)38-9-5-36(2)6-10-38/h3-10H,11-34H2,1-2H3. The number of benzene rings is 2. The second kappa shape index (κ2) is 33.6. The second-order valence-corrected chi connectivity index (χ2v) is 15.1. The van der Waals surface area contributed by atoms with Crippen molar-refractivity contribution in [1.82, 2.24) is 0 Å². The van der Waals surface area contributed by atoms with E-state index in [1.807, 2.05) is 13.8 Å². The van der Waals surface area contributed by atoms with E-state index in [-0.39, 0.29) is 36.2 Å². The van der Waals surface area contributed by atoms with Gasteiger partial charge in [-0.3, -0.25) is 8.37 Å². The fourth-order valence-corrected chi connectivity index (χ4v) is 6.04. The Bertz CT molecular complexity index is 1330. The summed E-state index contributed by atoms with van der Waals surface area (Å²) >= 11 is 0. The first-order chi connectivity index (χ1) is 27.7. The van der Waals surface area contributed by atoms with Crippen molar-refractivity contribution >= 4 is 20.2 Å². The molecule has 2 aromatic rings. The van der Waals surface area contributed by atoms with Crippen molar-refractivity contribution in [1.29, 1.82) is 0 Å². The number of aryl methyl sites for hydroxylation is 2. The Kier molecular flexibility index (Phi) is 30.1. The Morgan fingerprint density at radius 2 is 0.439 bits per heavy atom. The normalized spacial score (nSPS) is 12.1. The smallest absolute Gasteiger partial charge is 0.297 e. The molecule has 0 fully saturated rings. The molecule has 0 spiro atoms. The number of hydrogen-bond acceptors (Lipinski definition) is 17. The highest BCUT2D eigenvalue weighted by atomic mass is 32.2. The van der Waals surface area contributed by atoms with Crippen molar-refractivity contribution in [3.8, 4) is 0 Å². The molecule has 0 heterocycles. The fraction of sp³-hybridized carbons (Fsp3) is 0.684. The van der Waals surface area contributed by atoms with Gasteiger partial charge < -0.3 is 52.1 Å². The predicted molar refractivity (Wildman–Crippen MR) is 208 cm³/mol. The summed E-state index contributed by atoms with van der Waals surface area (Å²) in [6.45, 7) is 12.4. The van der Waals surface area contributed by atoms with E-state index in [0.717, 1.165) is 11.1 Å². The molecule has 57 heavy (non-hydrogen) atoms. The molecule has 0 aliphatic rings. The van der Waals surface area contributed by atoms with Gasteiger partial charge in [-0.2, -0.15) is 16.8 Å². The van der Waals surface area contributed by atoms with Crippen LogP contribution in [0.15, 0.2) is 58.3 Å². The third-order valence-corrected chi connectivity index (χ3v) is 9.92. The van der Waals surface area contributed by atoms with Crippen LogP contribution in [0.3, 0.4) is 0 Å². The minimum atomic E-state index is -3.79. The summed E-state index contributed by atoms with van der Waals surface area (Å²) in [5.74, 6) is 0. The van der Waals surface area contributed by atoms with Gasteiger partial charge in [-0.25, -0.2) is 0 Å². The molecule has 0 bridgehead atoms. The Labute approximate surface area is 338 Å². The lowest BCUT2D eigenvalue weighted by Gasteiger charge is -2.09. The summed E-state index contributed by atoms with van der Waals surface area (Å²) < 4.78 is 118. The Morgan fingerprint density at radius 1 is 0.281 bits per heavy atom. The van der Waals surface area contributed by atoms with Crippen LogP contribution in [0, 0.1) is 13.8 Å². The maximum atomic E-state index is 12.1. The van der Waals surface area contributed by atoms with Crippen LogP contribution in [0.2, 0.25) is 0 Å². The summed E-state index contributed by atoms with van der Waals surface area (Å²) in [4.78, 5) is 0.241. The number of hydrogen-bond donors (Lipinski definition) is 0. The largest absolute Gasteiger partial charge is 0.377 e. The van der Waals surface area contributed by atoms with Crippen molar-refractivity contribution in [2.24, 2.45) is 0 Å². The van der Waals surface area contributed by atoms with Gasteiger partial charge in [0, 0.05) is 0 Å². The predicted octanol–water partition coefficient (Wildman–Crippen LogP) is 2.60. The molecule has 0 saturated carbocycles. The maximum absolute atomic E-state index is 12.1. The fourth-order valence-electron chi connectivity index (χ4n) is 4.25. The van der Waals surface area contributed by atoms with Gasteiger partial charge in [0.05, 0.1) is 168 Å². The second-order valence-electron chi connectivity index (χ2n) is 11.9. The van der Waals surface area contributed by atoms with Crippen molar-refractivity contribution in [2.75, 3.05) is 159 Å². The molecule has 17 nitrogen and oxygen atoms in total. The van der Waals surface area contributed by atoms with Gasteiger partial charge in [0.15, 0.2) is 0 Å². The van der Waals surface area contributed by atoms with E-state index in [9.17, 15) is 16.8 Å². The third kappa shape index (κ3) is 28.0. The zero-order chi connectivity index (χ0) is 41.1. The van der Waals surface area contributed by atoms with Crippen LogP contribution in [0.1, 0.15) is 11.1 Å². The van der Waals surface area contributed by atoms with Crippen LogP contribution in [-0.2, 0) is 80.7 Å². The average molecular weight is 855 g/mol. The summed E-state index contributed by atoms with van der Waals surface area (Å²) in [6, 6.07) is 12.9. The van der Waals surface area contributed by atoms with Gasteiger partial charge >= 0.3 is 0 Å². The van der Waals surface area contributed by atoms with Gasteiger partial charge in [-0.05, 0) is 38.1 Å². The van der Waals surface area contributed by atoms with E-state index in [1.165, 1.54) is 24.3 Å². The highest BCUT2D eigenvalue weighted by Gasteiger charge is 2.15. The molecule has 2 aromatic carbocycles. The van der Waals surface area contributed by atoms with Crippen LogP contribution in [0.5, 0.6) is 0 Å². The van der Waals surface area contributed by atoms with Crippen LogP contribution < -0.4 is 0 Å².